The number of aromatic carboxylic acids is 1. The highest BCUT2D eigenvalue weighted by atomic mass is 32.2. The van der Waals surface area contributed by atoms with Crippen molar-refractivity contribution in [3.8, 4) is 0 Å². The Kier molecular flexibility index (Phi) is 4.03. The van der Waals surface area contributed by atoms with Crippen LogP contribution in [0.1, 0.15) is 21.6 Å². The average molecular weight is 265 g/mol. The molecule has 0 fully saturated rings. The molecule has 17 heavy (non-hydrogen) atoms. The molecule has 0 radical (unpaired) electrons. The zero-order valence-electron chi connectivity index (χ0n) is 9.13. The van der Waals surface area contributed by atoms with E-state index in [1.54, 1.807) is 6.92 Å². The molecule has 1 heterocycles. The van der Waals surface area contributed by atoms with Gasteiger partial charge < -0.3 is 5.11 Å². The second-order valence-electron chi connectivity index (χ2n) is 3.47. The second kappa shape index (κ2) is 4.95. The highest BCUT2D eigenvalue weighted by Crippen LogP contribution is 2.29. The maximum Gasteiger partial charge on any atom is 0.398 e. The molecule has 0 aliphatic heterocycles. The molecule has 3 nitrogen and oxygen atoms in total. The molecule has 0 bridgehead atoms. The minimum atomic E-state index is -4.35. The van der Waals surface area contributed by atoms with Gasteiger partial charge in [-0.15, -0.1) is 0 Å². The number of thioether (sulfide) groups is 1. The fourth-order valence-electron chi connectivity index (χ4n) is 1.32. The van der Waals surface area contributed by atoms with E-state index in [-0.39, 0.29) is 10.6 Å². The van der Waals surface area contributed by atoms with E-state index in [0.29, 0.717) is 23.0 Å². The molecule has 7 heteroatoms. The quantitative estimate of drug-likeness (QED) is 0.853. The number of pyridine rings is 1. The zero-order chi connectivity index (χ0) is 13.2. The van der Waals surface area contributed by atoms with Gasteiger partial charge in [0.2, 0.25) is 0 Å². The number of halogens is 3. The number of carbonyl (C=O) groups is 1. The Labute approximate surface area is 100 Å². The van der Waals surface area contributed by atoms with Gasteiger partial charge >= 0.3 is 12.1 Å². The van der Waals surface area contributed by atoms with Gasteiger partial charge in [-0.25, -0.2) is 9.78 Å². The number of rotatable bonds is 3. The molecule has 1 aromatic heterocycles. The van der Waals surface area contributed by atoms with Crippen LogP contribution < -0.4 is 0 Å². The SMILES string of the molecule is Cc1cc(C)c(C(=O)O)c(SCC(F)(F)F)n1. The third kappa shape index (κ3) is 3.92. The summed E-state index contributed by atoms with van der Waals surface area (Å²) in [6.07, 6.45) is -4.35. The normalized spacial score (nSPS) is 11.6. The van der Waals surface area contributed by atoms with E-state index in [9.17, 15) is 18.0 Å². The maximum absolute atomic E-state index is 12.1. The highest BCUT2D eigenvalue weighted by molar-refractivity contribution is 7.99. The van der Waals surface area contributed by atoms with Gasteiger partial charge in [-0.1, -0.05) is 11.8 Å². The van der Waals surface area contributed by atoms with Crippen LogP contribution in [0.5, 0.6) is 0 Å². The van der Waals surface area contributed by atoms with Gasteiger partial charge in [0.05, 0.1) is 11.3 Å². The van der Waals surface area contributed by atoms with Gasteiger partial charge in [-0.2, -0.15) is 13.2 Å². The molecule has 94 valence electrons. The van der Waals surface area contributed by atoms with Crippen molar-refractivity contribution in [3.63, 3.8) is 0 Å². The fourth-order valence-corrected chi connectivity index (χ4v) is 2.22. The topological polar surface area (TPSA) is 50.2 Å². The predicted molar refractivity (Wildman–Crippen MR) is 57.4 cm³/mol. The lowest BCUT2D eigenvalue weighted by Crippen LogP contribution is -2.13. The number of hydrogen-bond donors (Lipinski definition) is 1. The summed E-state index contributed by atoms with van der Waals surface area (Å²) in [5, 5.41) is 8.84. The molecule has 0 unspecified atom stereocenters. The van der Waals surface area contributed by atoms with E-state index in [0.717, 1.165) is 0 Å². The molecule has 0 spiro atoms. The summed E-state index contributed by atoms with van der Waals surface area (Å²) in [4.78, 5) is 14.8. The Balaban J connectivity index is 3.09. The van der Waals surface area contributed by atoms with Gasteiger partial charge in [-0.3, -0.25) is 0 Å². The van der Waals surface area contributed by atoms with Crippen molar-refractivity contribution in [2.75, 3.05) is 5.75 Å². The zero-order valence-corrected chi connectivity index (χ0v) is 9.95. The summed E-state index contributed by atoms with van der Waals surface area (Å²) in [5.74, 6) is -2.41. The molecule has 1 rings (SSSR count). The first-order valence-electron chi connectivity index (χ1n) is 4.62. The molecule has 0 aliphatic carbocycles. The van der Waals surface area contributed by atoms with Crippen LogP contribution in [0.4, 0.5) is 13.2 Å². The van der Waals surface area contributed by atoms with E-state index in [4.69, 9.17) is 5.11 Å². The predicted octanol–water partition coefficient (Wildman–Crippen LogP) is 3.05. The molecule has 0 saturated carbocycles. The molecule has 1 aromatic rings. The smallest absolute Gasteiger partial charge is 0.398 e. The minimum Gasteiger partial charge on any atom is -0.478 e. The lowest BCUT2D eigenvalue weighted by Gasteiger charge is -2.10. The molecule has 0 aromatic carbocycles. The molecule has 0 amide bonds. The lowest BCUT2D eigenvalue weighted by atomic mass is 10.1. The van der Waals surface area contributed by atoms with Gasteiger partial charge in [0.15, 0.2) is 0 Å². The van der Waals surface area contributed by atoms with Crippen molar-refractivity contribution < 1.29 is 23.1 Å². The number of carboxylic acids is 1. The van der Waals surface area contributed by atoms with E-state index < -0.39 is 17.9 Å². The van der Waals surface area contributed by atoms with Crippen LogP contribution in [0.15, 0.2) is 11.1 Å². The largest absolute Gasteiger partial charge is 0.478 e. The van der Waals surface area contributed by atoms with Crippen molar-refractivity contribution in [3.05, 3.63) is 22.9 Å². The molecular weight excluding hydrogens is 255 g/mol. The number of alkyl halides is 3. The third-order valence-electron chi connectivity index (χ3n) is 1.90. The first-order chi connectivity index (χ1) is 7.70. The summed E-state index contributed by atoms with van der Waals surface area (Å²) in [6, 6.07) is 1.53. The van der Waals surface area contributed by atoms with Gasteiger partial charge in [0.1, 0.15) is 5.03 Å². The molecule has 1 N–H and O–H groups in total. The summed E-state index contributed by atoms with van der Waals surface area (Å²) in [5.41, 5.74) is 0.747. The highest BCUT2D eigenvalue weighted by Gasteiger charge is 2.29. The number of aryl methyl sites for hydroxylation is 2. The number of aromatic nitrogens is 1. The second-order valence-corrected chi connectivity index (χ2v) is 4.43. The Morgan fingerprint density at radius 2 is 2.06 bits per heavy atom. The number of nitrogens with zero attached hydrogens (tertiary/aromatic N) is 1. The van der Waals surface area contributed by atoms with Crippen LogP contribution in [-0.4, -0.2) is 28.0 Å². The van der Waals surface area contributed by atoms with Gasteiger partial charge in [0.25, 0.3) is 0 Å². The minimum absolute atomic E-state index is 0.0904. The average Bonchev–Trinajstić information content (AvgIpc) is 2.11. The Hall–Kier alpha value is -1.24. The van der Waals surface area contributed by atoms with Crippen molar-refractivity contribution >= 4 is 17.7 Å². The summed E-state index contributed by atoms with van der Waals surface area (Å²) >= 11 is 0.394. The monoisotopic (exact) mass is 265 g/mol. The van der Waals surface area contributed by atoms with E-state index in [2.05, 4.69) is 4.98 Å². The van der Waals surface area contributed by atoms with Crippen molar-refractivity contribution in [2.45, 2.75) is 25.0 Å². The number of carboxylic acid groups (broad SMARTS) is 1. The van der Waals surface area contributed by atoms with Crippen molar-refractivity contribution in [1.82, 2.24) is 4.98 Å². The van der Waals surface area contributed by atoms with Crippen LogP contribution in [-0.2, 0) is 0 Å². The third-order valence-corrected chi connectivity index (χ3v) is 2.94. The van der Waals surface area contributed by atoms with Crippen LogP contribution in [0.25, 0.3) is 0 Å². The van der Waals surface area contributed by atoms with Gasteiger partial charge in [-0.05, 0) is 25.5 Å². The van der Waals surface area contributed by atoms with Crippen molar-refractivity contribution in [2.24, 2.45) is 0 Å². The molecular formula is C10H10F3NO2S. The van der Waals surface area contributed by atoms with Crippen LogP contribution in [0.2, 0.25) is 0 Å². The van der Waals surface area contributed by atoms with Crippen LogP contribution in [0, 0.1) is 13.8 Å². The summed E-state index contributed by atoms with van der Waals surface area (Å²) in [7, 11) is 0. The van der Waals surface area contributed by atoms with Gasteiger partial charge in [0, 0.05) is 5.69 Å². The van der Waals surface area contributed by atoms with E-state index in [1.807, 2.05) is 0 Å². The maximum atomic E-state index is 12.1. The first kappa shape index (κ1) is 13.8. The van der Waals surface area contributed by atoms with Crippen LogP contribution >= 0.6 is 11.8 Å². The molecule has 0 aliphatic rings. The van der Waals surface area contributed by atoms with E-state index in [1.165, 1.54) is 13.0 Å². The summed E-state index contributed by atoms with van der Waals surface area (Å²) in [6.45, 7) is 3.14. The number of hydrogen-bond acceptors (Lipinski definition) is 3. The lowest BCUT2D eigenvalue weighted by molar-refractivity contribution is -0.105. The first-order valence-corrected chi connectivity index (χ1v) is 5.60. The summed E-state index contributed by atoms with van der Waals surface area (Å²) < 4.78 is 36.2. The fraction of sp³-hybridized carbons (Fsp3) is 0.400. The molecule has 0 atom stereocenters. The van der Waals surface area contributed by atoms with Crippen molar-refractivity contribution in [1.29, 1.82) is 0 Å². The Morgan fingerprint density at radius 1 is 1.47 bits per heavy atom. The standard InChI is InChI=1S/C10H10F3NO2S/c1-5-3-6(2)14-8(7(5)9(15)16)17-4-10(11,12)13/h3H,4H2,1-2H3,(H,15,16). The Bertz CT molecular complexity index is 446. The van der Waals surface area contributed by atoms with E-state index >= 15 is 0 Å². The van der Waals surface area contributed by atoms with Crippen LogP contribution in [0.3, 0.4) is 0 Å². The Morgan fingerprint density at radius 3 is 2.53 bits per heavy atom. The molecule has 0 saturated heterocycles.